The second-order valence-electron chi connectivity index (χ2n) is 4.83. The van der Waals surface area contributed by atoms with Crippen molar-refractivity contribution in [3.05, 3.63) is 48.6 Å². The molecule has 0 unspecified atom stereocenters. The minimum Gasteiger partial charge on any atom is -0.100 e. The first-order valence-electron chi connectivity index (χ1n) is 5.41. The summed E-state index contributed by atoms with van der Waals surface area (Å²) >= 11 is 0. The standard InChI is InChI=1S/4C4H8.Sn/c4*1-4(2)3;/h4*1H2,2-3H3;. The number of rotatable bonds is 0. The van der Waals surface area contributed by atoms with Gasteiger partial charge in [-0.2, -0.15) is 0 Å². The molecule has 1 heteroatoms. The van der Waals surface area contributed by atoms with Crippen molar-refractivity contribution in [1.82, 2.24) is 0 Å². The van der Waals surface area contributed by atoms with Crippen molar-refractivity contribution in [2.45, 2.75) is 55.4 Å². The fourth-order valence-corrected chi connectivity index (χ4v) is 0. The molecule has 4 radical (unpaired) electrons. The Balaban J connectivity index is -0.0000000369. The van der Waals surface area contributed by atoms with E-state index in [1.807, 2.05) is 55.4 Å². The Kier molecular flexibility index (Phi) is 44.0. The largest absolute Gasteiger partial charge is 0.100 e. The van der Waals surface area contributed by atoms with Gasteiger partial charge in [-0.25, -0.2) is 0 Å². The van der Waals surface area contributed by atoms with Gasteiger partial charge in [0.25, 0.3) is 0 Å². The summed E-state index contributed by atoms with van der Waals surface area (Å²) in [5.74, 6) is 0. The van der Waals surface area contributed by atoms with Gasteiger partial charge in [0.15, 0.2) is 0 Å². The molecule has 0 atom stereocenters. The van der Waals surface area contributed by atoms with Gasteiger partial charge in [-0.1, -0.05) is 22.3 Å². The summed E-state index contributed by atoms with van der Waals surface area (Å²) in [5, 5.41) is 0. The molecular weight excluding hydrogens is 311 g/mol. The first kappa shape index (κ1) is 30.1. The number of allylic oxidation sites excluding steroid dienone is 4. The first-order chi connectivity index (χ1) is 6.93. The van der Waals surface area contributed by atoms with Crippen LogP contribution >= 0.6 is 0 Å². The number of hydrogen-bond acceptors (Lipinski definition) is 0. The summed E-state index contributed by atoms with van der Waals surface area (Å²) in [7, 11) is 0. The zero-order chi connectivity index (χ0) is 14.3. The molecule has 0 amide bonds. The second-order valence-corrected chi connectivity index (χ2v) is 4.83. The summed E-state index contributed by atoms with van der Waals surface area (Å²) < 4.78 is 0. The summed E-state index contributed by atoms with van der Waals surface area (Å²) in [6.45, 7) is 30.0. The third kappa shape index (κ3) is 51200. The van der Waals surface area contributed by atoms with Crippen molar-refractivity contribution in [2.75, 3.05) is 0 Å². The van der Waals surface area contributed by atoms with Crippen LogP contribution in [-0.2, 0) is 0 Å². The summed E-state index contributed by atoms with van der Waals surface area (Å²) in [6, 6.07) is 0. The van der Waals surface area contributed by atoms with Crippen molar-refractivity contribution >= 4 is 23.9 Å². The van der Waals surface area contributed by atoms with Crippen LogP contribution < -0.4 is 0 Å². The van der Waals surface area contributed by atoms with Gasteiger partial charge in [0, 0.05) is 23.9 Å². The van der Waals surface area contributed by atoms with Crippen molar-refractivity contribution in [1.29, 1.82) is 0 Å². The summed E-state index contributed by atoms with van der Waals surface area (Å²) in [4.78, 5) is 0. The molecule has 0 aliphatic carbocycles. The van der Waals surface area contributed by atoms with Crippen molar-refractivity contribution < 1.29 is 0 Å². The maximum absolute atomic E-state index is 3.56. The Morgan fingerprint density at radius 3 is 0.412 bits per heavy atom. The Labute approximate surface area is 128 Å². The van der Waals surface area contributed by atoms with E-state index in [1.165, 1.54) is 22.3 Å². The molecule has 0 fully saturated rings. The minimum atomic E-state index is 0. The SMILES string of the molecule is C=C(C)C.C=C(C)C.C=C(C)C.C=C(C)C.[Sn]. The minimum absolute atomic E-state index is 0. The van der Waals surface area contributed by atoms with E-state index in [0.717, 1.165) is 0 Å². The van der Waals surface area contributed by atoms with Gasteiger partial charge < -0.3 is 0 Å². The maximum Gasteiger partial charge on any atom is 0 e. The Bertz CT molecular complexity index is 146. The first-order valence-corrected chi connectivity index (χ1v) is 5.41. The molecule has 0 saturated heterocycles. The molecule has 0 spiro atoms. The average molecular weight is 343 g/mol. The third-order valence-corrected chi connectivity index (χ3v) is 0. The Hall–Kier alpha value is -0.241. The predicted octanol–water partition coefficient (Wildman–Crippen LogP) is 5.95. The van der Waals surface area contributed by atoms with Gasteiger partial charge in [-0.3, -0.25) is 0 Å². The normalized spacial score (nSPS) is 6.12. The van der Waals surface area contributed by atoms with Crippen LogP contribution in [0.2, 0.25) is 0 Å². The molecular formula is C16H32Sn. The van der Waals surface area contributed by atoms with E-state index in [2.05, 4.69) is 26.3 Å². The zero-order valence-corrected chi connectivity index (χ0v) is 16.2. The molecule has 0 aromatic heterocycles. The molecule has 0 aromatic carbocycles. The van der Waals surface area contributed by atoms with Gasteiger partial charge in [0.2, 0.25) is 0 Å². The van der Waals surface area contributed by atoms with Crippen LogP contribution in [0.25, 0.3) is 0 Å². The van der Waals surface area contributed by atoms with Crippen molar-refractivity contribution in [3.63, 3.8) is 0 Å². The summed E-state index contributed by atoms with van der Waals surface area (Å²) in [6.07, 6.45) is 0. The Morgan fingerprint density at radius 1 is 0.412 bits per heavy atom. The fourth-order valence-electron chi connectivity index (χ4n) is 0. The fraction of sp³-hybridized carbons (Fsp3) is 0.500. The molecule has 17 heavy (non-hydrogen) atoms. The van der Waals surface area contributed by atoms with E-state index in [1.54, 1.807) is 0 Å². The molecule has 0 heterocycles. The van der Waals surface area contributed by atoms with E-state index in [4.69, 9.17) is 0 Å². The molecule has 0 nitrogen and oxygen atoms in total. The maximum atomic E-state index is 3.56. The molecule has 0 aliphatic heterocycles. The average Bonchev–Trinajstić information content (AvgIpc) is 1.76. The summed E-state index contributed by atoms with van der Waals surface area (Å²) in [5.41, 5.74) is 4.67. The van der Waals surface area contributed by atoms with Gasteiger partial charge in [0.1, 0.15) is 0 Å². The molecule has 100 valence electrons. The molecule has 0 rings (SSSR count). The molecule has 0 aromatic rings. The van der Waals surface area contributed by atoms with Crippen molar-refractivity contribution in [3.8, 4) is 0 Å². The van der Waals surface area contributed by atoms with Crippen LogP contribution in [0.15, 0.2) is 48.6 Å². The third-order valence-electron chi connectivity index (χ3n) is 0. The van der Waals surface area contributed by atoms with Crippen LogP contribution in [0.5, 0.6) is 0 Å². The second kappa shape index (κ2) is 24.8. The van der Waals surface area contributed by atoms with Crippen LogP contribution in [0, 0.1) is 0 Å². The molecule has 0 aliphatic rings. The van der Waals surface area contributed by atoms with Gasteiger partial charge in [0.05, 0.1) is 0 Å². The predicted molar refractivity (Wildman–Crippen MR) is 87.7 cm³/mol. The molecule has 0 N–H and O–H groups in total. The zero-order valence-electron chi connectivity index (χ0n) is 13.3. The smallest absolute Gasteiger partial charge is 0 e. The Morgan fingerprint density at radius 2 is 0.412 bits per heavy atom. The van der Waals surface area contributed by atoms with E-state index in [9.17, 15) is 0 Å². The number of hydrogen-bond donors (Lipinski definition) is 0. The molecule has 0 bridgehead atoms. The van der Waals surface area contributed by atoms with Gasteiger partial charge in [-0.05, 0) is 55.4 Å². The van der Waals surface area contributed by atoms with Crippen molar-refractivity contribution in [2.24, 2.45) is 0 Å². The molecule has 0 saturated carbocycles. The van der Waals surface area contributed by atoms with E-state index < -0.39 is 0 Å². The van der Waals surface area contributed by atoms with Crippen LogP contribution in [0.3, 0.4) is 0 Å². The van der Waals surface area contributed by atoms with E-state index >= 15 is 0 Å². The quantitative estimate of drug-likeness (QED) is 0.377. The van der Waals surface area contributed by atoms with Crippen LogP contribution in [0.4, 0.5) is 0 Å². The van der Waals surface area contributed by atoms with Gasteiger partial charge in [-0.15, -0.1) is 26.3 Å². The van der Waals surface area contributed by atoms with Crippen LogP contribution in [0.1, 0.15) is 55.4 Å². The van der Waals surface area contributed by atoms with Gasteiger partial charge >= 0.3 is 0 Å². The van der Waals surface area contributed by atoms with Crippen LogP contribution in [-0.4, -0.2) is 23.9 Å². The van der Waals surface area contributed by atoms with E-state index in [-0.39, 0.29) is 23.9 Å². The topological polar surface area (TPSA) is 0 Å². The van der Waals surface area contributed by atoms with E-state index in [0.29, 0.717) is 0 Å². The monoisotopic (exact) mass is 344 g/mol.